The summed E-state index contributed by atoms with van der Waals surface area (Å²) in [5, 5.41) is 3.30. The first-order chi connectivity index (χ1) is 8.28. The Balaban J connectivity index is 3.19. The first kappa shape index (κ1) is 15.1. The van der Waals surface area contributed by atoms with Crippen molar-refractivity contribution in [3.05, 3.63) is 35.4 Å². The Morgan fingerprint density at radius 1 is 1.17 bits per heavy atom. The van der Waals surface area contributed by atoms with Crippen LogP contribution in [0.25, 0.3) is 0 Å². The first-order valence-electron chi connectivity index (χ1n) is 6.15. The van der Waals surface area contributed by atoms with Crippen molar-refractivity contribution < 1.29 is 8.78 Å². The summed E-state index contributed by atoms with van der Waals surface area (Å²) in [5.41, 5.74) is 0.379. The first-order valence-corrected chi connectivity index (χ1v) is 6.15. The highest BCUT2D eigenvalue weighted by atomic mass is 19.1. The molecule has 0 aliphatic heterocycles. The van der Waals surface area contributed by atoms with Gasteiger partial charge in [0.2, 0.25) is 0 Å². The van der Waals surface area contributed by atoms with E-state index in [9.17, 15) is 8.78 Å². The summed E-state index contributed by atoms with van der Waals surface area (Å²) in [6, 6.07) is 3.54. The molecule has 0 aliphatic carbocycles. The van der Waals surface area contributed by atoms with Gasteiger partial charge < -0.3 is 10.2 Å². The smallest absolute Gasteiger partial charge is 0.126 e. The van der Waals surface area contributed by atoms with E-state index in [2.05, 4.69) is 5.32 Å². The van der Waals surface area contributed by atoms with Crippen molar-refractivity contribution in [2.24, 2.45) is 0 Å². The molecule has 1 aromatic carbocycles. The summed E-state index contributed by atoms with van der Waals surface area (Å²) in [5.74, 6) is -1.08. The minimum absolute atomic E-state index is 0.136. The van der Waals surface area contributed by atoms with Gasteiger partial charge in [-0.15, -0.1) is 0 Å². The number of nitrogens with one attached hydrogen (secondary N) is 1. The molecular formula is C14H22F2N2. The SMILES string of the molecule is CCNC(c1cc(F)cc(F)c1)C(C)(C)N(C)C. The maximum atomic E-state index is 13.3. The number of hydrogen-bond donors (Lipinski definition) is 1. The van der Waals surface area contributed by atoms with Crippen LogP contribution in [0.4, 0.5) is 8.78 Å². The molecule has 0 saturated heterocycles. The summed E-state index contributed by atoms with van der Waals surface area (Å²) in [4.78, 5) is 2.04. The van der Waals surface area contributed by atoms with Crippen LogP contribution in [-0.4, -0.2) is 31.1 Å². The van der Waals surface area contributed by atoms with E-state index in [1.54, 1.807) is 0 Å². The molecule has 0 bridgehead atoms. The lowest BCUT2D eigenvalue weighted by molar-refractivity contribution is 0.138. The third kappa shape index (κ3) is 3.27. The second kappa shape index (κ2) is 5.76. The van der Waals surface area contributed by atoms with E-state index in [-0.39, 0.29) is 11.6 Å². The molecule has 0 amide bonds. The third-order valence-electron chi connectivity index (χ3n) is 3.49. The molecular weight excluding hydrogens is 234 g/mol. The molecule has 0 heterocycles. The molecule has 0 aromatic heterocycles. The average molecular weight is 256 g/mol. The number of halogens is 2. The molecule has 4 heteroatoms. The van der Waals surface area contributed by atoms with Gasteiger partial charge in [0, 0.05) is 11.6 Å². The lowest BCUT2D eigenvalue weighted by Gasteiger charge is -2.41. The van der Waals surface area contributed by atoms with Crippen LogP contribution in [0, 0.1) is 11.6 Å². The van der Waals surface area contributed by atoms with E-state index in [0.717, 1.165) is 12.6 Å². The van der Waals surface area contributed by atoms with Crippen molar-refractivity contribution in [3.8, 4) is 0 Å². The van der Waals surface area contributed by atoms with E-state index in [1.807, 2.05) is 39.8 Å². The van der Waals surface area contributed by atoms with Crippen molar-refractivity contribution in [2.45, 2.75) is 32.4 Å². The topological polar surface area (TPSA) is 15.3 Å². The van der Waals surface area contributed by atoms with Gasteiger partial charge in [-0.3, -0.25) is 0 Å². The predicted octanol–water partition coefficient (Wildman–Crippen LogP) is 2.96. The molecule has 0 spiro atoms. The summed E-state index contributed by atoms with van der Waals surface area (Å²) in [6.45, 7) is 6.81. The Kier molecular flexibility index (Phi) is 4.82. The quantitative estimate of drug-likeness (QED) is 0.871. The summed E-state index contributed by atoms with van der Waals surface area (Å²) in [6.07, 6.45) is 0. The zero-order chi connectivity index (χ0) is 13.9. The molecule has 102 valence electrons. The van der Waals surface area contributed by atoms with E-state index in [4.69, 9.17) is 0 Å². The molecule has 0 saturated carbocycles. The summed E-state index contributed by atoms with van der Waals surface area (Å²) >= 11 is 0. The number of nitrogens with zero attached hydrogens (tertiary/aromatic N) is 1. The van der Waals surface area contributed by atoms with Gasteiger partial charge in [0.1, 0.15) is 11.6 Å². The highest BCUT2D eigenvalue weighted by molar-refractivity contribution is 5.24. The predicted molar refractivity (Wildman–Crippen MR) is 70.5 cm³/mol. The highest BCUT2D eigenvalue weighted by Gasteiger charge is 2.32. The van der Waals surface area contributed by atoms with Crippen molar-refractivity contribution in [1.82, 2.24) is 10.2 Å². The summed E-state index contributed by atoms with van der Waals surface area (Å²) in [7, 11) is 3.92. The van der Waals surface area contributed by atoms with Gasteiger partial charge in [0.25, 0.3) is 0 Å². The molecule has 0 radical (unpaired) electrons. The van der Waals surface area contributed by atoms with Gasteiger partial charge in [-0.2, -0.15) is 0 Å². The van der Waals surface area contributed by atoms with Crippen molar-refractivity contribution in [1.29, 1.82) is 0 Å². The Morgan fingerprint density at radius 3 is 2.06 bits per heavy atom. The van der Waals surface area contributed by atoms with Gasteiger partial charge in [0.15, 0.2) is 0 Å². The standard InChI is InChI=1S/C14H22F2N2/c1-6-17-13(14(2,3)18(4)5)10-7-11(15)9-12(16)8-10/h7-9,13,17H,6H2,1-5H3. The minimum Gasteiger partial charge on any atom is -0.309 e. The molecule has 0 fully saturated rings. The van der Waals surface area contributed by atoms with Crippen molar-refractivity contribution in [3.63, 3.8) is 0 Å². The van der Waals surface area contributed by atoms with Gasteiger partial charge in [0.05, 0.1) is 6.04 Å². The van der Waals surface area contributed by atoms with Crippen LogP contribution in [0.2, 0.25) is 0 Å². The Hall–Kier alpha value is -1.00. The molecule has 2 nitrogen and oxygen atoms in total. The fourth-order valence-electron chi connectivity index (χ4n) is 1.98. The van der Waals surface area contributed by atoms with Crippen molar-refractivity contribution in [2.75, 3.05) is 20.6 Å². The fourth-order valence-corrected chi connectivity index (χ4v) is 1.98. The van der Waals surface area contributed by atoms with Crippen LogP contribution in [0.1, 0.15) is 32.4 Å². The zero-order valence-corrected chi connectivity index (χ0v) is 11.7. The molecule has 1 N–H and O–H groups in total. The maximum Gasteiger partial charge on any atom is 0.126 e. The third-order valence-corrected chi connectivity index (χ3v) is 3.49. The number of likely N-dealkylation sites (N-methyl/N-ethyl adjacent to an activating group) is 2. The highest BCUT2D eigenvalue weighted by Crippen LogP contribution is 2.30. The van der Waals surface area contributed by atoms with Gasteiger partial charge >= 0.3 is 0 Å². The molecule has 1 atom stereocenters. The fraction of sp³-hybridized carbons (Fsp3) is 0.571. The molecule has 1 unspecified atom stereocenters. The van der Waals surface area contributed by atoms with Crippen LogP contribution in [0.15, 0.2) is 18.2 Å². The van der Waals surface area contributed by atoms with Gasteiger partial charge in [-0.05, 0) is 52.2 Å². The Morgan fingerprint density at radius 2 is 1.67 bits per heavy atom. The second-order valence-corrected chi connectivity index (χ2v) is 5.24. The molecule has 0 aliphatic rings. The second-order valence-electron chi connectivity index (χ2n) is 5.24. The summed E-state index contributed by atoms with van der Waals surface area (Å²) < 4.78 is 26.7. The van der Waals surface area contributed by atoms with Crippen LogP contribution in [-0.2, 0) is 0 Å². The van der Waals surface area contributed by atoms with Crippen LogP contribution >= 0.6 is 0 Å². The van der Waals surface area contributed by atoms with Crippen LogP contribution in [0.3, 0.4) is 0 Å². The number of hydrogen-bond acceptors (Lipinski definition) is 2. The monoisotopic (exact) mass is 256 g/mol. The lowest BCUT2D eigenvalue weighted by atomic mass is 9.87. The lowest BCUT2D eigenvalue weighted by Crippen LogP contribution is -2.49. The van der Waals surface area contributed by atoms with Crippen LogP contribution < -0.4 is 5.32 Å². The van der Waals surface area contributed by atoms with E-state index < -0.39 is 11.6 Å². The van der Waals surface area contributed by atoms with E-state index in [0.29, 0.717) is 5.56 Å². The van der Waals surface area contributed by atoms with Gasteiger partial charge in [-0.1, -0.05) is 6.92 Å². The van der Waals surface area contributed by atoms with E-state index >= 15 is 0 Å². The number of rotatable bonds is 5. The average Bonchev–Trinajstić information content (AvgIpc) is 2.23. The van der Waals surface area contributed by atoms with Crippen LogP contribution in [0.5, 0.6) is 0 Å². The maximum absolute atomic E-state index is 13.3. The largest absolute Gasteiger partial charge is 0.309 e. The Bertz CT molecular complexity index is 383. The Labute approximate surface area is 108 Å². The van der Waals surface area contributed by atoms with E-state index in [1.165, 1.54) is 12.1 Å². The molecule has 18 heavy (non-hydrogen) atoms. The normalized spacial score (nSPS) is 14.0. The van der Waals surface area contributed by atoms with Crippen molar-refractivity contribution >= 4 is 0 Å². The van der Waals surface area contributed by atoms with Gasteiger partial charge in [-0.25, -0.2) is 8.78 Å². The molecule has 1 aromatic rings. The molecule has 1 rings (SSSR count). The minimum atomic E-state index is -0.539. The zero-order valence-electron chi connectivity index (χ0n) is 11.7. The number of benzene rings is 1.